The van der Waals surface area contributed by atoms with Gasteiger partial charge < -0.3 is 14.8 Å². The van der Waals surface area contributed by atoms with Crippen LogP contribution in [0.15, 0.2) is 18.2 Å². The van der Waals surface area contributed by atoms with Gasteiger partial charge in [0.05, 0.1) is 17.9 Å². The Kier molecular flexibility index (Phi) is 5.95. The van der Waals surface area contributed by atoms with E-state index in [1.54, 1.807) is 7.11 Å². The predicted molar refractivity (Wildman–Crippen MR) is 81.4 cm³/mol. The van der Waals surface area contributed by atoms with Crippen LogP contribution < -0.4 is 10.1 Å². The second-order valence-electron chi connectivity index (χ2n) is 5.29. The van der Waals surface area contributed by atoms with E-state index >= 15 is 0 Å². The van der Waals surface area contributed by atoms with Crippen molar-refractivity contribution in [2.24, 2.45) is 0 Å². The van der Waals surface area contributed by atoms with Crippen molar-refractivity contribution in [1.82, 2.24) is 0 Å². The number of nitrogens with one attached hydrogen (secondary N) is 1. The Balaban J connectivity index is 2.77. The molecular weight excluding hydrogens is 262 g/mol. The minimum Gasteiger partial charge on any atom is -0.492 e. The lowest BCUT2D eigenvalue weighted by Gasteiger charge is -2.28. The predicted octanol–water partition coefficient (Wildman–Crippen LogP) is 4.35. The van der Waals surface area contributed by atoms with Crippen LogP contribution in [0.4, 0.5) is 5.69 Å². The number of hydrogen-bond acceptors (Lipinski definition) is 3. The molecule has 1 rings (SSSR count). The Labute approximate surface area is 121 Å². The quantitative estimate of drug-likeness (QED) is 0.808. The number of ether oxygens (including phenoxy) is 2. The van der Waals surface area contributed by atoms with E-state index in [9.17, 15) is 0 Å². The monoisotopic (exact) mass is 285 g/mol. The van der Waals surface area contributed by atoms with Gasteiger partial charge in [-0.15, -0.1) is 0 Å². The van der Waals surface area contributed by atoms with E-state index in [0.717, 1.165) is 17.9 Å². The van der Waals surface area contributed by atoms with Crippen molar-refractivity contribution in [3.8, 4) is 5.75 Å². The topological polar surface area (TPSA) is 30.5 Å². The first-order valence-corrected chi connectivity index (χ1v) is 7.00. The molecule has 4 heteroatoms. The molecule has 0 radical (unpaired) electrons. The van der Waals surface area contributed by atoms with Gasteiger partial charge in [-0.05, 0) is 52.3 Å². The smallest absolute Gasteiger partial charge is 0.142 e. The van der Waals surface area contributed by atoms with Crippen molar-refractivity contribution in [2.75, 3.05) is 19.0 Å². The third-order valence-corrected chi connectivity index (χ3v) is 3.23. The van der Waals surface area contributed by atoms with Gasteiger partial charge in [-0.2, -0.15) is 0 Å². The molecule has 0 aliphatic rings. The highest BCUT2D eigenvalue weighted by molar-refractivity contribution is 6.30. The average Bonchev–Trinajstić information content (AvgIpc) is 2.32. The van der Waals surface area contributed by atoms with E-state index < -0.39 is 0 Å². The molecule has 0 aromatic heterocycles. The van der Waals surface area contributed by atoms with Gasteiger partial charge in [0.2, 0.25) is 0 Å². The SMILES string of the molecule is CCOc1ccc(Cl)cc1NC(C)CC(C)(C)OC. The average molecular weight is 286 g/mol. The Bertz CT molecular complexity index is 407. The van der Waals surface area contributed by atoms with Gasteiger partial charge in [-0.1, -0.05) is 11.6 Å². The molecule has 19 heavy (non-hydrogen) atoms. The van der Waals surface area contributed by atoms with E-state index in [0.29, 0.717) is 11.6 Å². The standard InChI is InChI=1S/C15H24ClNO2/c1-6-19-14-8-7-12(16)9-13(14)17-11(2)10-15(3,4)18-5/h7-9,11,17H,6,10H2,1-5H3. The molecule has 1 unspecified atom stereocenters. The summed E-state index contributed by atoms with van der Waals surface area (Å²) >= 11 is 6.04. The van der Waals surface area contributed by atoms with Gasteiger partial charge in [0, 0.05) is 18.2 Å². The lowest BCUT2D eigenvalue weighted by Crippen LogP contribution is -2.31. The molecule has 0 saturated heterocycles. The molecule has 1 N–H and O–H groups in total. The Morgan fingerprint density at radius 2 is 2.05 bits per heavy atom. The molecule has 108 valence electrons. The molecular formula is C15H24ClNO2. The van der Waals surface area contributed by atoms with Crippen LogP contribution in [-0.2, 0) is 4.74 Å². The summed E-state index contributed by atoms with van der Waals surface area (Å²) in [6.07, 6.45) is 0.890. The lowest BCUT2D eigenvalue weighted by atomic mass is 9.99. The second-order valence-corrected chi connectivity index (χ2v) is 5.72. The summed E-state index contributed by atoms with van der Waals surface area (Å²) in [5.41, 5.74) is 0.769. The van der Waals surface area contributed by atoms with E-state index in [4.69, 9.17) is 21.1 Å². The molecule has 0 saturated carbocycles. The molecule has 0 amide bonds. The molecule has 0 heterocycles. The van der Waals surface area contributed by atoms with Gasteiger partial charge in [-0.3, -0.25) is 0 Å². The fraction of sp³-hybridized carbons (Fsp3) is 0.600. The van der Waals surface area contributed by atoms with E-state index in [2.05, 4.69) is 26.1 Å². The number of benzene rings is 1. The number of rotatable bonds is 7. The van der Waals surface area contributed by atoms with Gasteiger partial charge in [0.15, 0.2) is 0 Å². The van der Waals surface area contributed by atoms with Crippen molar-refractivity contribution in [3.05, 3.63) is 23.2 Å². The first-order valence-electron chi connectivity index (χ1n) is 6.62. The van der Waals surface area contributed by atoms with E-state index in [-0.39, 0.29) is 11.6 Å². The van der Waals surface area contributed by atoms with Crippen molar-refractivity contribution >= 4 is 17.3 Å². The Morgan fingerprint density at radius 3 is 2.63 bits per heavy atom. The summed E-state index contributed by atoms with van der Waals surface area (Å²) in [7, 11) is 1.73. The summed E-state index contributed by atoms with van der Waals surface area (Å²) in [6.45, 7) is 8.88. The van der Waals surface area contributed by atoms with E-state index in [1.807, 2.05) is 25.1 Å². The molecule has 1 atom stereocenters. The van der Waals surface area contributed by atoms with Crippen molar-refractivity contribution in [1.29, 1.82) is 0 Å². The number of methoxy groups -OCH3 is 1. The van der Waals surface area contributed by atoms with Crippen LogP contribution in [0.3, 0.4) is 0 Å². The summed E-state index contributed by atoms with van der Waals surface area (Å²) in [5.74, 6) is 0.828. The largest absolute Gasteiger partial charge is 0.492 e. The first kappa shape index (κ1) is 16.1. The third kappa shape index (κ3) is 5.29. The highest BCUT2D eigenvalue weighted by Crippen LogP contribution is 2.29. The molecule has 1 aromatic rings. The van der Waals surface area contributed by atoms with Gasteiger partial charge in [0.25, 0.3) is 0 Å². The molecule has 0 fully saturated rings. The van der Waals surface area contributed by atoms with Crippen molar-refractivity contribution < 1.29 is 9.47 Å². The van der Waals surface area contributed by atoms with Crippen LogP contribution in [0.1, 0.15) is 34.1 Å². The highest BCUT2D eigenvalue weighted by Gasteiger charge is 2.20. The molecule has 0 spiro atoms. The summed E-state index contributed by atoms with van der Waals surface area (Å²) in [4.78, 5) is 0. The number of anilines is 1. The maximum Gasteiger partial charge on any atom is 0.142 e. The van der Waals surface area contributed by atoms with Crippen LogP contribution >= 0.6 is 11.6 Å². The zero-order chi connectivity index (χ0) is 14.5. The maximum atomic E-state index is 6.04. The number of halogens is 1. The van der Waals surface area contributed by atoms with Crippen LogP contribution in [0.5, 0.6) is 5.75 Å². The summed E-state index contributed by atoms with van der Waals surface area (Å²) < 4.78 is 11.0. The zero-order valence-electron chi connectivity index (χ0n) is 12.4. The fourth-order valence-corrected chi connectivity index (χ4v) is 2.21. The second kappa shape index (κ2) is 7.01. The highest BCUT2D eigenvalue weighted by atomic mass is 35.5. The van der Waals surface area contributed by atoms with Crippen LogP contribution in [0.25, 0.3) is 0 Å². The minimum absolute atomic E-state index is 0.156. The van der Waals surface area contributed by atoms with Crippen molar-refractivity contribution in [2.45, 2.75) is 45.8 Å². The van der Waals surface area contributed by atoms with Crippen LogP contribution in [0, 0.1) is 0 Å². The van der Waals surface area contributed by atoms with Crippen LogP contribution in [-0.4, -0.2) is 25.4 Å². The minimum atomic E-state index is -0.156. The van der Waals surface area contributed by atoms with Crippen molar-refractivity contribution in [3.63, 3.8) is 0 Å². The molecule has 0 bridgehead atoms. The Hall–Kier alpha value is -0.930. The fourth-order valence-electron chi connectivity index (χ4n) is 2.03. The molecule has 3 nitrogen and oxygen atoms in total. The molecule has 0 aliphatic carbocycles. The third-order valence-electron chi connectivity index (χ3n) is 2.99. The zero-order valence-corrected chi connectivity index (χ0v) is 13.2. The van der Waals surface area contributed by atoms with Gasteiger partial charge in [-0.25, -0.2) is 0 Å². The van der Waals surface area contributed by atoms with Crippen LogP contribution in [0.2, 0.25) is 5.02 Å². The van der Waals surface area contributed by atoms with Gasteiger partial charge in [0.1, 0.15) is 5.75 Å². The first-order chi connectivity index (χ1) is 8.88. The normalized spacial score (nSPS) is 13.2. The summed E-state index contributed by atoms with van der Waals surface area (Å²) in [6, 6.07) is 5.87. The molecule has 1 aromatic carbocycles. The lowest BCUT2D eigenvalue weighted by molar-refractivity contribution is 0.0128. The summed E-state index contributed by atoms with van der Waals surface area (Å²) in [5, 5.41) is 4.14. The number of hydrogen-bond donors (Lipinski definition) is 1. The van der Waals surface area contributed by atoms with E-state index in [1.165, 1.54) is 0 Å². The Morgan fingerprint density at radius 1 is 1.37 bits per heavy atom. The van der Waals surface area contributed by atoms with Gasteiger partial charge >= 0.3 is 0 Å². The molecule has 0 aliphatic heterocycles. The maximum absolute atomic E-state index is 6.04.